The normalized spacial score (nSPS) is 14.2. The molecule has 0 amide bonds. The van der Waals surface area contributed by atoms with Gasteiger partial charge in [-0.1, -0.05) is 6.92 Å². The fourth-order valence-electron chi connectivity index (χ4n) is 1.24. The van der Waals surface area contributed by atoms with Crippen molar-refractivity contribution in [2.45, 2.75) is 56.9 Å². The predicted octanol–water partition coefficient (Wildman–Crippen LogP) is 4.43. The van der Waals surface area contributed by atoms with Crippen LogP contribution in [-0.4, -0.2) is 35.7 Å². The molecule has 0 aromatic heterocycles. The van der Waals surface area contributed by atoms with Gasteiger partial charge in [-0.25, -0.2) is 0 Å². The molecule has 0 aromatic carbocycles. The predicted molar refractivity (Wildman–Crippen MR) is 68.0 cm³/mol. The van der Waals surface area contributed by atoms with Crippen LogP contribution in [0.15, 0.2) is 0 Å². The Labute approximate surface area is 119 Å². The molecule has 0 N–H and O–H groups in total. The van der Waals surface area contributed by atoms with Crippen molar-refractivity contribution in [2.75, 3.05) is 12.4 Å². The molecule has 0 saturated carbocycles. The largest absolute Gasteiger partial charge is 0.465 e. The molecule has 0 radical (unpaired) electrons. The molecule has 1 atom stereocenters. The van der Waals surface area contributed by atoms with Crippen LogP contribution in [0.2, 0.25) is 0 Å². The minimum atomic E-state index is -5.49. The summed E-state index contributed by atoms with van der Waals surface area (Å²) < 4.78 is 65.7. The molecule has 0 spiro atoms. The number of hydrogen-bond acceptors (Lipinski definition) is 3. The van der Waals surface area contributed by atoms with Crippen LogP contribution in [0, 0.1) is 0 Å². The van der Waals surface area contributed by atoms with Gasteiger partial charge < -0.3 is 4.74 Å². The third-order valence-electron chi connectivity index (χ3n) is 2.45. The first-order valence-electron chi connectivity index (χ1n) is 6.34. The highest BCUT2D eigenvalue weighted by atomic mass is 32.2. The lowest BCUT2D eigenvalue weighted by atomic mass is 10.1. The molecule has 8 heteroatoms. The van der Waals surface area contributed by atoms with Crippen LogP contribution >= 0.6 is 11.8 Å². The lowest BCUT2D eigenvalue weighted by molar-refractivity contribution is -0.284. The molecule has 0 saturated heterocycles. The first-order chi connectivity index (χ1) is 9.12. The summed E-state index contributed by atoms with van der Waals surface area (Å²) in [4.78, 5) is 11.3. The summed E-state index contributed by atoms with van der Waals surface area (Å²) in [7, 11) is 0. The van der Waals surface area contributed by atoms with E-state index in [4.69, 9.17) is 4.74 Å². The molecular weight excluding hydrogens is 303 g/mol. The van der Waals surface area contributed by atoms with E-state index in [2.05, 4.69) is 0 Å². The summed E-state index contributed by atoms with van der Waals surface area (Å²) in [6.07, 6.45) is -6.04. The van der Waals surface area contributed by atoms with Crippen LogP contribution in [0.5, 0.6) is 0 Å². The number of ether oxygens (including phenoxy) is 1. The molecule has 0 bridgehead atoms. The number of carbonyl (C=O) groups is 1. The Morgan fingerprint density at radius 1 is 1.20 bits per heavy atom. The second-order valence-corrected chi connectivity index (χ2v) is 5.79. The number of carbonyl (C=O) groups excluding carboxylic acids is 1. The molecule has 1 unspecified atom stereocenters. The monoisotopic (exact) mass is 322 g/mol. The molecule has 0 aliphatic heterocycles. The van der Waals surface area contributed by atoms with Gasteiger partial charge in [0.1, 0.15) is 0 Å². The third kappa shape index (κ3) is 7.31. The summed E-state index contributed by atoms with van der Waals surface area (Å²) in [6.45, 7) is 3.79. The fraction of sp³-hybridized carbons (Fsp3) is 0.917. The zero-order valence-corrected chi connectivity index (χ0v) is 12.3. The van der Waals surface area contributed by atoms with Gasteiger partial charge in [-0.05, 0) is 31.9 Å². The molecule has 0 fully saturated rings. The lowest BCUT2D eigenvalue weighted by Crippen LogP contribution is -2.36. The Bertz CT molecular complexity index is 294. The van der Waals surface area contributed by atoms with Gasteiger partial charge in [-0.2, -0.15) is 22.0 Å². The number of esters is 1. The van der Waals surface area contributed by atoms with Gasteiger partial charge in [-0.15, -0.1) is 11.8 Å². The molecular formula is C12H19F5O2S. The van der Waals surface area contributed by atoms with Gasteiger partial charge in [0.15, 0.2) is 0 Å². The van der Waals surface area contributed by atoms with Crippen LogP contribution in [-0.2, 0) is 9.53 Å². The number of alkyl halides is 5. The fourth-order valence-corrected chi connectivity index (χ4v) is 2.17. The first-order valence-corrected chi connectivity index (χ1v) is 7.39. The van der Waals surface area contributed by atoms with Gasteiger partial charge in [0.25, 0.3) is 0 Å². The zero-order valence-electron chi connectivity index (χ0n) is 11.4. The van der Waals surface area contributed by atoms with E-state index in [0.717, 1.165) is 0 Å². The van der Waals surface area contributed by atoms with Crippen molar-refractivity contribution in [3.8, 4) is 0 Å². The Morgan fingerprint density at radius 2 is 1.80 bits per heavy atom. The van der Waals surface area contributed by atoms with E-state index in [1.54, 1.807) is 6.92 Å². The average molecular weight is 322 g/mol. The first kappa shape index (κ1) is 19.5. The van der Waals surface area contributed by atoms with E-state index in [1.165, 1.54) is 11.8 Å². The SMILES string of the molecule is CCCOC(=O)C(C)SCCCCC(F)(F)C(F)(F)F. The Balaban J connectivity index is 3.79. The Kier molecular flexibility index (Phi) is 8.46. The smallest absolute Gasteiger partial charge is 0.453 e. The highest BCUT2D eigenvalue weighted by Crippen LogP contribution is 2.39. The maximum Gasteiger partial charge on any atom is 0.453 e. The summed E-state index contributed by atoms with van der Waals surface area (Å²) in [5.74, 6) is -4.68. The third-order valence-corrected chi connectivity index (χ3v) is 3.66. The minimum Gasteiger partial charge on any atom is -0.465 e. The quantitative estimate of drug-likeness (QED) is 0.357. The van der Waals surface area contributed by atoms with Gasteiger partial charge in [0, 0.05) is 6.42 Å². The van der Waals surface area contributed by atoms with E-state index in [1.807, 2.05) is 6.92 Å². The molecule has 0 rings (SSSR count). The van der Waals surface area contributed by atoms with Crippen LogP contribution < -0.4 is 0 Å². The molecule has 120 valence electrons. The maximum atomic E-state index is 12.6. The second kappa shape index (κ2) is 8.69. The molecule has 0 aliphatic rings. The highest BCUT2D eigenvalue weighted by Gasteiger charge is 2.56. The van der Waals surface area contributed by atoms with Crippen LogP contribution in [0.1, 0.15) is 39.5 Å². The highest BCUT2D eigenvalue weighted by molar-refractivity contribution is 8.00. The van der Waals surface area contributed by atoms with E-state index in [9.17, 15) is 26.7 Å². The standard InChI is InChI=1S/C12H19F5O2S/c1-3-7-19-10(18)9(2)20-8-5-4-6-11(13,14)12(15,16)17/h9H,3-8H2,1-2H3. The average Bonchev–Trinajstić information content (AvgIpc) is 2.33. The minimum absolute atomic E-state index is 0.196. The lowest BCUT2D eigenvalue weighted by Gasteiger charge is -2.19. The van der Waals surface area contributed by atoms with Crippen molar-refractivity contribution < 1.29 is 31.5 Å². The van der Waals surface area contributed by atoms with E-state index >= 15 is 0 Å². The molecule has 20 heavy (non-hydrogen) atoms. The number of hydrogen-bond donors (Lipinski definition) is 0. The van der Waals surface area contributed by atoms with E-state index in [-0.39, 0.29) is 12.8 Å². The van der Waals surface area contributed by atoms with Gasteiger partial charge in [0.05, 0.1) is 11.9 Å². The molecule has 0 aromatic rings. The van der Waals surface area contributed by atoms with Gasteiger partial charge in [-0.3, -0.25) is 4.79 Å². The Morgan fingerprint density at radius 3 is 2.30 bits per heavy atom. The van der Waals surface area contributed by atoms with Crippen LogP contribution in [0.3, 0.4) is 0 Å². The number of rotatable bonds is 9. The van der Waals surface area contributed by atoms with Crippen molar-refractivity contribution in [2.24, 2.45) is 0 Å². The number of unbranched alkanes of at least 4 members (excludes halogenated alkanes) is 1. The van der Waals surface area contributed by atoms with E-state index < -0.39 is 29.7 Å². The van der Waals surface area contributed by atoms with Gasteiger partial charge in [0.2, 0.25) is 0 Å². The molecule has 0 heterocycles. The van der Waals surface area contributed by atoms with E-state index in [0.29, 0.717) is 18.8 Å². The van der Waals surface area contributed by atoms with Crippen molar-refractivity contribution in [1.29, 1.82) is 0 Å². The number of thioether (sulfide) groups is 1. The van der Waals surface area contributed by atoms with Crippen LogP contribution in [0.25, 0.3) is 0 Å². The van der Waals surface area contributed by atoms with Gasteiger partial charge >= 0.3 is 18.1 Å². The van der Waals surface area contributed by atoms with Crippen LogP contribution in [0.4, 0.5) is 22.0 Å². The summed E-state index contributed by atoms with van der Waals surface area (Å²) >= 11 is 1.19. The van der Waals surface area contributed by atoms with Crippen molar-refractivity contribution in [3.63, 3.8) is 0 Å². The van der Waals surface area contributed by atoms with Crippen molar-refractivity contribution >= 4 is 17.7 Å². The molecule has 2 nitrogen and oxygen atoms in total. The summed E-state index contributed by atoms with van der Waals surface area (Å²) in [6, 6.07) is 0. The topological polar surface area (TPSA) is 26.3 Å². The Hall–Kier alpha value is -0.530. The zero-order chi connectivity index (χ0) is 15.8. The summed E-state index contributed by atoms with van der Waals surface area (Å²) in [5, 5.41) is -0.440. The second-order valence-electron chi connectivity index (χ2n) is 4.34. The molecule has 0 aliphatic carbocycles. The maximum absolute atomic E-state index is 12.6. The van der Waals surface area contributed by atoms with Crippen molar-refractivity contribution in [1.82, 2.24) is 0 Å². The summed E-state index contributed by atoms with van der Waals surface area (Å²) in [5.41, 5.74) is 0. The van der Waals surface area contributed by atoms with Crippen molar-refractivity contribution in [3.05, 3.63) is 0 Å². The number of halogens is 5.